The number of methoxy groups -OCH3 is 2. The van der Waals surface area contributed by atoms with Crippen LogP contribution >= 0.6 is 0 Å². The topological polar surface area (TPSA) is 110 Å². The Bertz CT molecular complexity index is 640. The molecule has 23 heavy (non-hydrogen) atoms. The second-order valence-electron chi connectivity index (χ2n) is 4.65. The first-order valence-corrected chi connectivity index (χ1v) is 8.28. The van der Waals surface area contributed by atoms with Gasteiger partial charge in [0.2, 0.25) is 10.0 Å². The fourth-order valence-electron chi connectivity index (χ4n) is 1.78. The van der Waals surface area contributed by atoms with Gasteiger partial charge in [0.1, 0.15) is 18.8 Å². The van der Waals surface area contributed by atoms with Crippen molar-refractivity contribution in [2.75, 3.05) is 33.1 Å². The van der Waals surface area contributed by atoms with Crippen molar-refractivity contribution in [1.29, 1.82) is 0 Å². The largest absolute Gasteiger partial charge is 0.497 e. The Balaban J connectivity index is 2.78. The molecule has 0 atom stereocenters. The van der Waals surface area contributed by atoms with E-state index in [1.807, 2.05) is 0 Å². The van der Waals surface area contributed by atoms with Gasteiger partial charge in [-0.15, -0.1) is 0 Å². The molecule has 0 aromatic heterocycles. The average molecular weight is 345 g/mol. The van der Waals surface area contributed by atoms with Crippen LogP contribution < -0.4 is 4.74 Å². The zero-order valence-electron chi connectivity index (χ0n) is 12.9. The molecule has 0 radical (unpaired) electrons. The van der Waals surface area contributed by atoms with E-state index in [9.17, 15) is 18.0 Å². The first kappa shape index (κ1) is 18.9. The van der Waals surface area contributed by atoms with Gasteiger partial charge >= 0.3 is 11.9 Å². The Morgan fingerprint density at radius 2 is 1.74 bits per heavy atom. The molecule has 0 unspecified atom stereocenters. The van der Waals surface area contributed by atoms with Crippen molar-refractivity contribution in [1.82, 2.24) is 4.31 Å². The SMILES string of the molecule is COC(=O)CN(CC(=O)O)S(=O)(=O)CCc1ccc(OC)cc1. The third-order valence-corrected chi connectivity index (χ3v) is 4.81. The fourth-order valence-corrected chi connectivity index (χ4v) is 3.14. The van der Waals surface area contributed by atoms with E-state index in [4.69, 9.17) is 9.84 Å². The molecule has 0 saturated carbocycles. The lowest BCUT2D eigenvalue weighted by atomic mass is 10.2. The monoisotopic (exact) mass is 345 g/mol. The molecule has 0 aliphatic heterocycles. The molecule has 0 spiro atoms. The first-order valence-electron chi connectivity index (χ1n) is 6.68. The third kappa shape index (κ3) is 6.25. The lowest BCUT2D eigenvalue weighted by Crippen LogP contribution is -2.41. The van der Waals surface area contributed by atoms with E-state index >= 15 is 0 Å². The standard InChI is InChI=1S/C14H19NO7S/c1-21-12-5-3-11(4-6-12)7-8-23(19,20)15(9-13(16)17)10-14(18)22-2/h3-6H,7-10H2,1-2H3,(H,16,17). The van der Waals surface area contributed by atoms with Gasteiger partial charge < -0.3 is 14.6 Å². The lowest BCUT2D eigenvalue weighted by molar-refractivity contribution is -0.142. The number of nitrogens with zero attached hydrogens (tertiary/aromatic N) is 1. The number of aliphatic carboxylic acids is 1. The Morgan fingerprint density at radius 3 is 2.22 bits per heavy atom. The molecule has 0 aliphatic carbocycles. The minimum Gasteiger partial charge on any atom is -0.497 e. The number of ether oxygens (including phenoxy) is 2. The summed E-state index contributed by atoms with van der Waals surface area (Å²) in [5, 5.41) is 8.80. The van der Waals surface area contributed by atoms with Crippen molar-refractivity contribution in [3.05, 3.63) is 29.8 Å². The van der Waals surface area contributed by atoms with Crippen molar-refractivity contribution >= 4 is 22.0 Å². The van der Waals surface area contributed by atoms with E-state index in [-0.39, 0.29) is 12.2 Å². The van der Waals surface area contributed by atoms with Crippen LogP contribution in [0.1, 0.15) is 5.56 Å². The van der Waals surface area contributed by atoms with Gasteiger partial charge in [-0.3, -0.25) is 9.59 Å². The second kappa shape index (κ2) is 8.49. The highest BCUT2D eigenvalue weighted by atomic mass is 32.2. The Labute approximate surface area is 134 Å². The molecule has 9 heteroatoms. The van der Waals surface area contributed by atoms with Crippen LogP contribution in [0.3, 0.4) is 0 Å². The molecule has 1 N–H and O–H groups in total. The van der Waals surface area contributed by atoms with Gasteiger partial charge in [-0.1, -0.05) is 12.1 Å². The van der Waals surface area contributed by atoms with Crippen molar-refractivity contribution < 1.29 is 32.6 Å². The van der Waals surface area contributed by atoms with Crippen LogP contribution in [0.25, 0.3) is 0 Å². The minimum absolute atomic E-state index is 0.184. The Kier molecular flexibility index (Phi) is 6.98. The number of carbonyl (C=O) groups is 2. The number of rotatable bonds is 9. The van der Waals surface area contributed by atoms with Crippen molar-refractivity contribution in [3.8, 4) is 5.75 Å². The van der Waals surface area contributed by atoms with E-state index in [1.54, 1.807) is 24.3 Å². The highest BCUT2D eigenvalue weighted by Crippen LogP contribution is 2.13. The Morgan fingerprint density at radius 1 is 1.13 bits per heavy atom. The van der Waals surface area contributed by atoms with Gasteiger partial charge in [0, 0.05) is 0 Å². The van der Waals surface area contributed by atoms with Gasteiger partial charge in [-0.05, 0) is 24.1 Å². The predicted octanol–water partition coefficient (Wildman–Crippen LogP) is 0.127. The molecule has 8 nitrogen and oxygen atoms in total. The minimum atomic E-state index is -3.92. The zero-order chi connectivity index (χ0) is 17.5. The second-order valence-corrected chi connectivity index (χ2v) is 6.74. The highest BCUT2D eigenvalue weighted by Gasteiger charge is 2.27. The molecule has 128 valence electrons. The van der Waals surface area contributed by atoms with Crippen LogP contribution in [-0.2, 0) is 30.8 Å². The normalized spacial score (nSPS) is 11.3. The quantitative estimate of drug-likeness (QED) is 0.633. The van der Waals surface area contributed by atoms with Crippen molar-refractivity contribution in [2.24, 2.45) is 0 Å². The summed E-state index contributed by atoms with van der Waals surface area (Å²) in [4.78, 5) is 22.1. The maximum Gasteiger partial charge on any atom is 0.321 e. The van der Waals surface area contributed by atoms with Crippen LogP contribution in [0.4, 0.5) is 0 Å². The molecule has 1 rings (SSSR count). The molecular weight excluding hydrogens is 326 g/mol. The molecule has 0 fully saturated rings. The van der Waals surface area contributed by atoms with Crippen LogP contribution in [0.15, 0.2) is 24.3 Å². The van der Waals surface area contributed by atoms with Crippen LogP contribution in [-0.4, -0.2) is 62.8 Å². The summed E-state index contributed by atoms with van der Waals surface area (Å²) < 4.78 is 34.5. The molecule has 1 aromatic carbocycles. The molecular formula is C14H19NO7S. The molecule has 0 heterocycles. The summed E-state index contributed by atoms with van der Waals surface area (Å²) in [6.45, 7) is -1.42. The molecule has 0 aliphatic rings. The van der Waals surface area contributed by atoms with Crippen LogP contribution in [0.5, 0.6) is 5.75 Å². The van der Waals surface area contributed by atoms with E-state index in [2.05, 4.69) is 4.74 Å². The van der Waals surface area contributed by atoms with Gasteiger partial charge in [-0.25, -0.2) is 8.42 Å². The summed E-state index contributed by atoms with van der Waals surface area (Å²) in [5.41, 5.74) is 0.753. The van der Waals surface area contributed by atoms with Gasteiger partial charge in [0.05, 0.1) is 20.0 Å². The molecule has 0 amide bonds. The summed E-state index contributed by atoms with van der Waals surface area (Å²) in [6.07, 6.45) is 0.184. The summed E-state index contributed by atoms with van der Waals surface area (Å²) in [7, 11) is -1.29. The third-order valence-electron chi connectivity index (χ3n) is 3.05. The number of carbonyl (C=O) groups excluding carboxylic acids is 1. The number of hydrogen-bond acceptors (Lipinski definition) is 6. The van der Waals surface area contributed by atoms with Crippen LogP contribution in [0, 0.1) is 0 Å². The number of carboxylic acid groups (broad SMARTS) is 1. The number of benzene rings is 1. The van der Waals surface area contributed by atoms with E-state index in [0.717, 1.165) is 12.7 Å². The molecule has 1 aromatic rings. The molecule has 0 bridgehead atoms. The summed E-state index contributed by atoms with van der Waals surface area (Å²) in [5.74, 6) is -1.83. The number of esters is 1. The average Bonchev–Trinajstić information content (AvgIpc) is 2.52. The molecule has 0 saturated heterocycles. The number of sulfonamides is 1. The van der Waals surface area contributed by atoms with Crippen molar-refractivity contribution in [2.45, 2.75) is 6.42 Å². The smallest absolute Gasteiger partial charge is 0.321 e. The van der Waals surface area contributed by atoms with E-state index in [1.165, 1.54) is 7.11 Å². The number of aryl methyl sites for hydroxylation is 1. The fraction of sp³-hybridized carbons (Fsp3) is 0.429. The number of carboxylic acids is 1. The predicted molar refractivity (Wildman–Crippen MR) is 81.7 cm³/mol. The van der Waals surface area contributed by atoms with Gasteiger partial charge in [-0.2, -0.15) is 4.31 Å². The lowest BCUT2D eigenvalue weighted by Gasteiger charge is -2.19. The van der Waals surface area contributed by atoms with Gasteiger partial charge in [0.15, 0.2) is 0 Å². The van der Waals surface area contributed by atoms with Gasteiger partial charge in [0.25, 0.3) is 0 Å². The maximum atomic E-state index is 12.2. The Hall–Kier alpha value is -2.13. The van der Waals surface area contributed by atoms with Crippen molar-refractivity contribution in [3.63, 3.8) is 0 Å². The van der Waals surface area contributed by atoms with E-state index < -0.39 is 35.1 Å². The number of hydrogen-bond donors (Lipinski definition) is 1. The highest BCUT2D eigenvalue weighted by molar-refractivity contribution is 7.89. The summed E-state index contributed by atoms with van der Waals surface area (Å²) >= 11 is 0. The van der Waals surface area contributed by atoms with Crippen LogP contribution in [0.2, 0.25) is 0 Å². The maximum absolute atomic E-state index is 12.2. The summed E-state index contributed by atoms with van der Waals surface area (Å²) in [6, 6.07) is 6.84. The zero-order valence-corrected chi connectivity index (χ0v) is 13.7. The van der Waals surface area contributed by atoms with E-state index in [0.29, 0.717) is 10.1 Å². The first-order chi connectivity index (χ1) is 10.8.